The van der Waals surface area contributed by atoms with Crippen LogP contribution in [-0.2, 0) is 6.54 Å². The second-order valence-electron chi connectivity index (χ2n) is 6.23. The Morgan fingerprint density at radius 1 is 1.12 bits per heavy atom. The molecule has 0 aliphatic carbocycles. The fourth-order valence-corrected chi connectivity index (χ4v) is 1.98. The Balaban J connectivity index is 0.00000312. The van der Waals surface area contributed by atoms with Gasteiger partial charge in [0.05, 0.1) is 12.1 Å². The van der Waals surface area contributed by atoms with E-state index >= 15 is 0 Å². The SMILES string of the molecule is CCC(C)(C)NC(=O)c1ccc(NC(=O)c2coc(CN)c2)cc1.Cl. The van der Waals surface area contributed by atoms with Crippen LogP contribution in [0, 0.1) is 0 Å². The minimum Gasteiger partial charge on any atom is -0.467 e. The van der Waals surface area contributed by atoms with Crippen molar-refractivity contribution in [2.45, 2.75) is 39.3 Å². The van der Waals surface area contributed by atoms with Crippen molar-refractivity contribution in [3.63, 3.8) is 0 Å². The monoisotopic (exact) mass is 365 g/mol. The maximum atomic E-state index is 12.2. The van der Waals surface area contributed by atoms with Gasteiger partial charge in [-0.1, -0.05) is 6.92 Å². The molecule has 0 saturated heterocycles. The average Bonchev–Trinajstić information content (AvgIpc) is 3.04. The number of anilines is 1. The number of amides is 2. The molecule has 25 heavy (non-hydrogen) atoms. The first-order chi connectivity index (χ1) is 11.3. The topological polar surface area (TPSA) is 97.4 Å². The highest BCUT2D eigenvalue weighted by atomic mass is 35.5. The van der Waals surface area contributed by atoms with Gasteiger partial charge >= 0.3 is 0 Å². The molecular formula is C18H24ClN3O3. The molecule has 0 atom stereocenters. The third kappa shape index (κ3) is 5.62. The summed E-state index contributed by atoms with van der Waals surface area (Å²) in [5.74, 6) is 0.121. The van der Waals surface area contributed by atoms with E-state index in [1.807, 2.05) is 20.8 Å². The summed E-state index contributed by atoms with van der Waals surface area (Å²) >= 11 is 0. The fourth-order valence-electron chi connectivity index (χ4n) is 1.98. The molecule has 0 bridgehead atoms. The summed E-state index contributed by atoms with van der Waals surface area (Å²) in [5.41, 5.74) is 6.74. The summed E-state index contributed by atoms with van der Waals surface area (Å²) in [6, 6.07) is 8.34. The van der Waals surface area contributed by atoms with Gasteiger partial charge in [0.25, 0.3) is 11.8 Å². The number of carbonyl (C=O) groups is 2. The summed E-state index contributed by atoms with van der Waals surface area (Å²) in [7, 11) is 0. The highest BCUT2D eigenvalue weighted by molar-refractivity contribution is 6.04. The maximum absolute atomic E-state index is 12.2. The molecule has 0 saturated carbocycles. The fraction of sp³-hybridized carbons (Fsp3) is 0.333. The number of hydrogen-bond donors (Lipinski definition) is 3. The van der Waals surface area contributed by atoms with Gasteiger partial charge in [0.1, 0.15) is 12.0 Å². The highest BCUT2D eigenvalue weighted by Gasteiger charge is 2.18. The van der Waals surface area contributed by atoms with Crippen molar-refractivity contribution < 1.29 is 14.0 Å². The Hall–Kier alpha value is -2.31. The first-order valence-corrected chi connectivity index (χ1v) is 7.86. The van der Waals surface area contributed by atoms with Crippen LogP contribution in [0.15, 0.2) is 41.0 Å². The third-order valence-electron chi connectivity index (χ3n) is 3.86. The summed E-state index contributed by atoms with van der Waals surface area (Å²) in [6.07, 6.45) is 2.20. The first-order valence-electron chi connectivity index (χ1n) is 7.86. The molecule has 2 rings (SSSR count). The lowest BCUT2D eigenvalue weighted by atomic mass is 10.0. The summed E-state index contributed by atoms with van der Waals surface area (Å²) in [5, 5.41) is 5.72. The Bertz CT molecular complexity index is 723. The van der Waals surface area contributed by atoms with Crippen LogP contribution in [0.4, 0.5) is 5.69 Å². The average molecular weight is 366 g/mol. The molecular weight excluding hydrogens is 342 g/mol. The van der Waals surface area contributed by atoms with Gasteiger partial charge in [-0.25, -0.2) is 0 Å². The normalized spacial score (nSPS) is 10.7. The van der Waals surface area contributed by atoms with Crippen LogP contribution in [0.25, 0.3) is 0 Å². The van der Waals surface area contributed by atoms with E-state index in [0.29, 0.717) is 22.6 Å². The van der Waals surface area contributed by atoms with Gasteiger partial charge in [0.2, 0.25) is 0 Å². The van der Waals surface area contributed by atoms with Crippen molar-refractivity contribution in [2.24, 2.45) is 5.73 Å². The van der Waals surface area contributed by atoms with E-state index in [1.165, 1.54) is 6.26 Å². The summed E-state index contributed by atoms with van der Waals surface area (Å²) in [4.78, 5) is 24.3. The molecule has 1 aromatic carbocycles. The first kappa shape index (κ1) is 20.7. The Morgan fingerprint density at radius 3 is 2.28 bits per heavy atom. The number of carbonyl (C=O) groups excluding carboxylic acids is 2. The van der Waals surface area contributed by atoms with E-state index in [2.05, 4.69) is 10.6 Å². The van der Waals surface area contributed by atoms with Crippen molar-refractivity contribution in [3.05, 3.63) is 53.5 Å². The van der Waals surface area contributed by atoms with Crippen LogP contribution in [-0.4, -0.2) is 17.4 Å². The zero-order valence-corrected chi connectivity index (χ0v) is 15.4. The van der Waals surface area contributed by atoms with Crippen LogP contribution in [0.5, 0.6) is 0 Å². The lowest BCUT2D eigenvalue weighted by Crippen LogP contribution is -2.42. The summed E-state index contributed by atoms with van der Waals surface area (Å²) < 4.78 is 5.14. The number of hydrogen-bond acceptors (Lipinski definition) is 4. The van der Waals surface area contributed by atoms with Gasteiger partial charge in [-0.05, 0) is 50.6 Å². The van der Waals surface area contributed by atoms with E-state index in [9.17, 15) is 9.59 Å². The van der Waals surface area contributed by atoms with Crippen LogP contribution in [0.3, 0.4) is 0 Å². The van der Waals surface area contributed by atoms with Crippen molar-refractivity contribution >= 4 is 29.9 Å². The van der Waals surface area contributed by atoms with Crippen LogP contribution in [0.2, 0.25) is 0 Å². The predicted molar refractivity (Wildman–Crippen MR) is 100 cm³/mol. The smallest absolute Gasteiger partial charge is 0.258 e. The Labute approximate surface area is 153 Å². The zero-order chi connectivity index (χ0) is 17.7. The number of rotatable bonds is 6. The van der Waals surface area contributed by atoms with Crippen LogP contribution >= 0.6 is 12.4 Å². The molecule has 0 aliphatic heterocycles. The molecule has 7 heteroatoms. The molecule has 1 aromatic heterocycles. The molecule has 6 nitrogen and oxygen atoms in total. The standard InChI is InChI=1S/C18H23N3O3.ClH/c1-4-18(2,3)21-17(23)12-5-7-14(8-6-12)20-16(22)13-9-15(10-19)24-11-13;/h5-9,11H,4,10,19H2,1-3H3,(H,20,22)(H,21,23);1H. The molecule has 0 unspecified atom stereocenters. The van der Waals surface area contributed by atoms with Gasteiger partial charge in [-0.2, -0.15) is 0 Å². The Kier molecular flexibility index (Phi) is 7.21. The number of halogens is 1. The van der Waals surface area contributed by atoms with Crippen LogP contribution < -0.4 is 16.4 Å². The molecule has 0 aliphatic rings. The minimum absolute atomic E-state index is 0. The molecule has 2 amide bonds. The van der Waals surface area contributed by atoms with Crippen molar-refractivity contribution in [1.82, 2.24) is 5.32 Å². The van der Waals surface area contributed by atoms with Gasteiger partial charge < -0.3 is 20.8 Å². The number of nitrogens with one attached hydrogen (secondary N) is 2. The number of nitrogens with two attached hydrogens (primary N) is 1. The molecule has 2 aromatic rings. The van der Waals surface area contributed by atoms with E-state index in [0.717, 1.165) is 6.42 Å². The van der Waals surface area contributed by atoms with Crippen molar-refractivity contribution in [2.75, 3.05) is 5.32 Å². The van der Waals surface area contributed by atoms with Gasteiger partial charge in [0.15, 0.2) is 0 Å². The molecule has 136 valence electrons. The number of benzene rings is 1. The van der Waals surface area contributed by atoms with Gasteiger partial charge in [0, 0.05) is 16.8 Å². The molecule has 0 spiro atoms. The molecule has 4 N–H and O–H groups in total. The highest BCUT2D eigenvalue weighted by Crippen LogP contribution is 2.15. The van der Waals surface area contributed by atoms with E-state index in [4.69, 9.17) is 10.2 Å². The molecule has 0 radical (unpaired) electrons. The quantitative estimate of drug-likeness (QED) is 0.731. The zero-order valence-electron chi connectivity index (χ0n) is 14.6. The van der Waals surface area contributed by atoms with Crippen molar-refractivity contribution in [3.8, 4) is 0 Å². The lowest BCUT2D eigenvalue weighted by molar-refractivity contribution is 0.0911. The predicted octanol–water partition coefficient (Wildman–Crippen LogP) is 3.33. The second kappa shape index (κ2) is 8.69. The maximum Gasteiger partial charge on any atom is 0.258 e. The van der Waals surface area contributed by atoms with Crippen molar-refractivity contribution in [1.29, 1.82) is 0 Å². The van der Waals surface area contributed by atoms with Crippen LogP contribution in [0.1, 0.15) is 53.7 Å². The molecule has 1 heterocycles. The third-order valence-corrected chi connectivity index (χ3v) is 3.86. The lowest BCUT2D eigenvalue weighted by Gasteiger charge is -2.24. The van der Waals surface area contributed by atoms with Gasteiger partial charge in [-0.15, -0.1) is 12.4 Å². The van der Waals surface area contributed by atoms with E-state index < -0.39 is 0 Å². The van der Waals surface area contributed by atoms with E-state index in [1.54, 1.807) is 30.3 Å². The van der Waals surface area contributed by atoms with Gasteiger partial charge in [-0.3, -0.25) is 9.59 Å². The number of furan rings is 1. The molecule has 0 fully saturated rings. The minimum atomic E-state index is -0.289. The Morgan fingerprint density at radius 2 is 1.76 bits per heavy atom. The largest absolute Gasteiger partial charge is 0.467 e. The second-order valence-corrected chi connectivity index (χ2v) is 6.23. The summed E-state index contributed by atoms with van der Waals surface area (Å²) in [6.45, 7) is 6.20. The van der Waals surface area contributed by atoms with E-state index in [-0.39, 0.29) is 36.3 Å².